The lowest BCUT2D eigenvalue weighted by Crippen LogP contribution is -1.93. The van der Waals surface area contributed by atoms with Gasteiger partial charge in [-0.05, 0) is 33.9 Å². The van der Waals surface area contributed by atoms with E-state index in [1.807, 2.05) is 0 Å². The normalized spacial score (nSPS) is 12.3. The second-order valence-corrected chi connectivity index (χ2v) is 2.55. The third kappa shape index (κ3) is 5.28. The van der Waals surface area contributed by atoms with E-state index in [1.165, 1.54) is 5.57 Å². The fourth-order valence-corrected chi connectivity index (χ4v) is 0.481. The minimum atomic E-state index is 0.375. The molecular formula is C8H15N. The highest BCUT2D eigenvalue weighted by atomic mass is 14.7. The lowest BCUT2D eigenvalue weighted by molar-refractivity contribution is 0.762. The molecule has 52 valence electrons. The highest BCUT2D eigenvalue weighted by Gasteiger charge is 1.90. The Bertz CT molecular complexity index is 110. The zero-order chi connectivity index (χ0) is 7.28. The Morgan fingerprint density at radius 1 is 1.67 bits per heavy atom. The van der Waals surface area contributed by atoms with Crippen LogP contribution in [-0.4, -0.2) is 12.8 Å². The molecule has 0 aromatic carbocycles. The van der Waals surface area contributed by atoms with Gasteiger partial charge in [-0.3, -0.25) is 4.99 Å². The highest BCUT2D eigenvalue weighted by molar-refractivity contribution is 5.24. The van der Waals surface area contributed by atoms with Gasteiger partial charge in [0, 0.05) is 6.04 Å². The van der Waals surface area contributed by atoms with Crippen molar-refractivity contribution in [2.75, 3.05) is 0 Å². The number of hydrogen-bond donors (Lipinski definition) is 0. The van der Waals surface area contributed by atoms with Crippen LogP contribution >= 0.6 is 0 Å². The van der Waals surface area contributed by atoms with Crippen LogP contribution in [0.25, 0.3) is 0 Å². The van der Waals surface area contributed by atoms with E-state index in [2.05, 4.69) is 38.6 Å². The van der Waals surface area contributed by atoms with Crippen molar-refractivity contribution in [2.45, 2.75) is 33.2 Å². The zero-order valence-corrected chi connectivity index (χ0v) is 6.52. The molecular weight excluding hydrogens is 110 g/mol. The summed E-state index contributed by atoms with van der Waals surface area (Å²) in [5.41, 5.74) is 1.35. The van der Waals surface area contributed by atoms with Crippen LogP contribution in [-0.2, 0) is 0 Å². The minimum absolute atomic E-state index is 0.375. The fraction of sp³-hybridized carbons (Fsp3) is 0.625. The maximum absolute atomic E-state index is 3.87. The van der Waals surface area contributed by atoms with Gasteiger partial charge in [0.15, 0.2) is 0 Å². The number of aliphatic imine (C=N–C) groups is 1. The van der Waals surface area contributed by atoms with Gasteiger partial charge >= 0.3 is 0 Å². The van der Waals surface area contributed by atoms with Crippen LogP contribution in [0.1, 0.15) is 27.2 Å². The van der Waals surface area contributed by atoms with Gasteiger partial charge in [0.25, 0.3) is 0 Å². The molecule has 0 aliphatic heterocycles. The van der Waals surface area contributed by atoms with Crippen LogP contribution in [0.4, 0.5) is 0 Å². The molecule has 0 N–H and O–H groups in total. The highest BCUT2D eigenvalue weighted by Crippen LogP contribution is 1.99. The molecule has 9 heavy (non-hydrogen) atoms. The Morgan fingerprint density at radius 3 is 2.56 bits per heavy atom. The maximum Gasteiger partial charge on any atom is 0.0498 e. The molecule has 0 aromatic heterocycles. The topological polar surface area (TPSA) is 12.4 Å². The summed E-state index contributed by atoms with van der Waals surface area (Å²) in [7, 11) is 0. The average Bonchev–Trinajstić information content (AvgIpc) is 1.83. The van der Waals surface area contributed by atoms with E-state index in [0.717, 1.165) is 6.42 Å². The Labute approximate surface area is 57.5 Å². The molecule has 0 radical (unpaired) electrons. The van der Waals surface area contributed by atoms with E-state index < -0.39 is 0 Å². The number of allylic oxidation sites excluding steroid dienone is 1. The first-order valence-electron chi connectivity index (χ1n) is 3.26. The van der Waals surface area contributed by atoms with Crippen LogP contribution in [0.5, 0.6) is 0 Å². The van der Waals surface area contributed by atoms with Crippen molar-refractivity contribution < 1.29 is 0 Å². The molecule has 0 amide bonds. The first kappa shape index (κ1) is 8.41. The maximum atomic E-state index is 3.87. The smallest absolute Gasteiger partial charge is 0.0498 e. The van der Waals surface area contributed by atoms with Crippen LogP contribution in [0, 0.1) is 0 Å². The largest absolute Gasteiger partial charge is 0.298 e. The Hall–Kier alpha value is -0.590. The lowest BCUT2D eigenvalue weighted by Gasteiger charge is -1.98. The molecule has 1 nitrogen and oxygen atoms in total. The lowest BCUT2D eigenvalue weighted by atomic mass is 10.2. The van der Waals surface area contributed by atoms with Crippen LogP contribution in [0.3, 0.4) is 0 Å². The summed E-state index contributed by atoms with van der Waals surface area (Å²) in [6.07, 6.45) is 3.20. The summed E-state index contributed by atoms with van der Waals surface area (Å²) in [4.78, 5) is 3.87. The molecule has 0 saturated carbocycles. The van der Waals surface area contributed by atoms with Gasteiger partial charge in [-0.1, -0.05) is 11.6 Å². The average molecular weight is 125 g/mol. The molecule has 0 fully saturated rings. The van der Waals surface area contributed by atoms with Crippen molar-refractivity contribution in [3.05, 3.63) is 11.6 Å². The molecule has 0 spiro atoms. The summed E-state index contributed by atoms with van der Waals surface area (Å²) in [5.74, 6) is 0. The van der Waals surface area contributed by atoms with Gasteiger partial charge in [-0.15, -0.1) is 0 Å². The van der Waals surface area contributed by atoms with Gasteiger partial charge in [-0.25, -0.2) is 0 Å². The molecule has 0 aliphatic carbocycles. The van der Waals surface area contributed by atoms with E-state index in [9.17, 15) is 0 Å². The van der Waals surface area contributed by atoms with Gasteiger partial charge in [0.1, 0.15) is 0 Å². The fourth-order valence-electron chi connectivity index (χ4n) is 0.481. The zero-order valence-electron chi connectivity index (χ0n) is 6.52. The van der Waals surface area contributed by atoms with Crippen LogP contribution in [0.2, 0.25) is 0 Å². The molecule has 0 rings (SSSR count). The SMILES string of the molecule is C=NC(C)CC=C(C)C. The van der Waals surface area contributed by atoms with Gasteiger partial charge in [-0.2, -0.15) is 0 Å². The summed E-state index contributed by atoms with van der Waals surface area (Å²) in [5, 5.41) is 0. The summed E-state index contributed by atoms with van der Waals surface area (Å²) in [6.45, 7) is 9.71. The van der Waals surface area contributed by atoms with E-state index >= 15 is 0 Å². The van der Waals surface area contributed by atoms with Crippen molar-refractivity contribution >= 4 is 6.72 Å². The summed E-state index contributed by atoms with van der Waals surface area (Å²) in [6, 6.07) is 0.375. The predicted molar refractivity (Wildman–Crippen MR) is 43.1 cm³/mol. The Morgan fingerprint density at radius 2 is 2.22 bits per heavy atom. The van der Waals surface area contributed by atoms with Crippen molar-refractivity contribution in [2.24, 2.45) is 4.99 Å². The Balaban J connectivity index is 3.49. The molecule has 1 heteroatoms. The summed E-state index contributed by atoms with van der Waals surface area (Å²) >= 11 is 0. The third-order valence-corrected chi connectivity index (χ3v) is 1.18. The molecule has 1 atom stereocenters. The predicted octanol–water partition coefficient (Wildman–Crippen LogP) is 2.43. The van der Waals surface area contributed by atoms with Crippen LogP contribution < -0.4 is 0 Å². The van der Waals surface area contributed by atoms with Gasteiger partial charge in [0.05, 0.1) is 0 Å². The molecule has 0 aromatic rings. The van der Waals surface area contributed by atoms with Gasteiger partial charge < -0.3 is 0 Å². The van der Waals surface area contributed by atoms with Crippen molar-refractivity contribution in [1.82, 2.24) is 0 Å². The second-order valence-electron chi connectivity index (χ2n) is 2.55. The van der Waals surface area contributed by atoms with Crippen molar-refractivity contribution in [1.29, 1.82) is 0 Å². The van der Waals surface area contributed by atoms with Crippen molar-refractivity contribution in [3.8, 4) is 0 Å². The standard InChI is InChI=1S/C8H15N/c1-7(2)5-6-8(3)9-4/h5,8H,4,6H2,1-3H3. The van der Waals surface area contributed by atoms with E-state index in [1.54, 1.807) is 0 Å². The van der Waals surface area contributed by atoms with Crippen LogP contribution in [0.15, 0.2) is 16.6 Å². The molecule has 0 heterocycles. The number of nitrogens with zero attached hydrogens (tertiary/aromatic N) is 1. The van der Waals surface area contributed by atoms with E-state index in [-0.39, 0.29) is 0 Å². The number of rotatable bonds is 3. The Kier molecular flexibility index (Phi) is 4.02. The monoisotopic (exact) mass is 125 g/mol. The number of hydrogen-bond acceptors (Lipinski definition) is 1. The van der Waals surface area contributed by atoms with Crippen molar-refractivity contribution in [3.63, 3.8) is 0 Å². The quantitative estimate of drug-likeness (QED) is 0.406. The van der Waals surface area contributed by atoms with E-state index in [0.29, 0.717) is 6.04 Å². The van der Waals surface area contributed by atoms with E-state index in [4.69, 9.17) is 0 Å². The molecule has 1 unspecified atom stereocenters. The van der Waals surface area contributed by atoms with Gasteiger partial charge in [0.2, 0.25) is 0 Å². The molecule has 0 aliphatic rings. The molecule has 0 saturated heterocycles. The first-order chi connectivity index (χ1) is 4.16. The second kappa shape index (κ2) is 4.30. The molecule has 0 bridgehead atoms. The minimum Gasteiger partial charge on any atom is -0.298 e. The third-order valence-electron chi connectivity index (χ3n) is 1.18. The first-order valence-corrected chi connectivity index (χ1v) is 3.26. The summed E-state index contributed by atoms with van der Waals surface area (Å²) < 4.78 is 0.